The van der Waals surface area contributed by atoms with Crippen molar-refractivity contribution in [1.29, 1.82) is 0 Å². The molecular formula is C22H19ClN4O2. The number of hydrogen-bond donors (Lipinski definition) is 1. The molecule has 0 unspecified atom stereocenters. The maximum Gasteiger partial charge on any atom is 0.247 e. The number of nitrogens with zero attached hydrogens (tertiary/aromatic N) is 4. The van der Waals surface area contributed by atoms with Crippen LogP contribution in [-0.4, -0.2) is 21.4 Å². The van der Waals surface area contributed by atoms with Gasteiger partial charge in [-0.3, -0.25) is 0 Å². The fraction of sp³-hybridized carbons (Fsp3) is 0.273. The molecule has 0 saturated heterocycles. The van der Waals surface area contributed by atoms with Crippen LogP contribution in [-0.2, 0) is 12.8 Å². The Bertz CT molecular complexity index is 1090. The highest BCUT2D eigenvalue weighted by Crippen LogP contribution is 2.35. The summed E-state index contributed by atoms with van der Waals surface area (Å²) >= 11 is 6.38. The fourth-order valence-corrected chi connectivity index (χ4v) is 3.55. The lowest BCUT2D eigenvalue weighted by Crippen LogP contribution is -2.18. The van der Waals surface area contributed by atoms with Gasteiger partial charge in [0.05, 0.1) is 30.2 Å². The molecule has 6 nitrogen and oxygen atoms in total. The first-order valence-electron chi connectivity index (χ1n) is 9.15. The maximum atomic E-state index is 10.4. The van der Waals surface area contributed by atoms with Crippen molar-refractivity contribution in [2.75, 3.05) is 0 Å². The van der Waals surface area contributed by atoms with E-state index in [1.54, 1.807) is 37.3 Å². The van der Waals surface area contributed by atoms with E-state index in [0.717, 1.165) is 11.1 Å². The molecule has 0 fully saturated rings. The van der Waals surface area contributed by atoms with Gasteiger partial charge in [-0.15, -0.1) is 10.2 Å². The minimum atomic E-state index is -0.725. The lowest BCUT2D eigenvalue weighted by atomic mass is 9.91. The summed E-state index contributed by atoms with van der Waals surface area (Å²) in [5.74, 6) is 0.245. The molecule has 0 aliphatic rings. The monoisotopic (exact) mass is 406 g/mol. The van der Waals surface area contributed by atoms with Gasteiger partial charge in [0.2, 0.25) is 17.5 Å². The third kappa shape index (κ3) is 4.30. The number of aliphatic hydroxyl groups is 1. The molecule has 7 heteroatoms. The van der Waals surface area contributed by atoms with Crippen molar-refractivity contribution in [3.05, 3.63) is 81.3 Å². The first-order valence-corrected chi connectivity index (χ1v) is 9.53. The molecule has 3 aromatic rings. The largest absolute Gasteiger partial charge is 0.420 e. The maximum absolute atomic E-state index is 10.4. The molecule has 29 heavy (non-hydrogen) atoms. The Morgan fingerprint density at radius 1 is 1.10 bits per heavy atom. The highest BCUT2D eigenvalue weighted by Gasteiger charge is 2.26. The average molecular weight is 407 g/mol. The van der Waals surface area contributed by atoms with Crippen molar-refractivity contribution in [3.8, 4) is 11.5 Å². The molecule has 0 bridgehead atoms. The lowest BCUT2D eigenvalue weighted by Gasteiger charge is -2.19. The Labute approximate surface area is 174 Å². The Morgan fingerprint density at radius 3 is 2.41 bits per heavy atom. The number of halogens is 1. The molecule has 0 aliphatic carbocycles. The molecule has 0 radical (unpaired) electrons. The number of aliphatic hydroxyl groups excluding tert-OH is 1. The van der Waals surface area contributed by atoms with Gasteiger partial charge in [0, 0.05) is 5.56 Å². The average Bonchev–Trinajstić information content (AvgIpc) is 3.21. The van der Waals surface area contributed by atoms with E-state index >= 15 is 0 Å². The minimum absolute atomic E-state index is 0.330. The van der Waals surface area contributed by atoms with Crippen LogP contribution in [0.4, 0.5) is 11.4 Å². The summed E-state index contributed by atoms with van der Waals surface area (Å²) in [6.07, 6.45) is 0.403. The molecule has 0 amide bonds. The van der Waals surface area contributed by atoms with E-state index in [1.165, 1.54) is 0 Å². The number of aromatic nitrogens is 2. The highest BCUT2D eigenvalue weighted by molar-refractivity contribution is 6.34. The number of benzene rings is 2. The second kappa shape index (κ2) is 8.87. The van der Waals surface area contributed by atoms with Gasteiger partial charge in [0.1, 0.15) is 0 Å². The summed E-state index contributed by atoms with van der Waals surface area (Å²) in [6.45, 7) is 17.9. The predicted molar refractivity (Wildman–Crippen MR) is 111 cm³/mol. The Morgan fingerprint density at radius 2 is 1.83 bits per heavy atom. The fourth-order valence-electron chi connectivity index (χ4n) is 3.19. The van der Waals surface area contributed by atoms with Gasteiger partial charge < -0.3 is 9.52 Å². The molecule has 1 heterocycles. The van der Waals surface area contributed by atoms with Gasteiger partial charge in [-0.25, -0.2) is 9.69 Å². The van der Waals surface area contributed by atoms with Crippen LogP contribution < -0.4 is 0 Å². The van der Waals surface area contributed by atoms with Crippen molar-refractivity contribution in [1.82, 2.24) is 10.2 Å². The molecule has 0 aliphatic heterocycles. The molecule has 1 N–H and O–H groups in total. The standard InChI is InChI=1S/C22H19ClN4O2/c1-5-17-15(8-11-19(25-4)20(17)23)12-18(13(2)28)22-27-26-21(29-22)14-6-9-16(24-3)10-7-14/h6-11,13,18,28H,5,12H2,1-2H3/t13-,18+/m0/s1. The first-order chi connectivity index (χ1) is 14.0. The topological polar surface area (TPSA) is 67.9 Å². The van der Waals surface area contributed by atoms with Gasteiger partial charge in [-0.1, -0.05) is 54.9 Å². The Kier molecular flexibility index (Phi) is 6.29. The minimum Gasteiger partial charge on any atom is -0.420 e. The Hall–Kier alpha value is -3.19. The normalized spacial score (nSPS) is 12.8. The van der Waals surface area contributed by atoms with E-state index in [-0.39, 0.29) is 0 Å². The predicted octanol–water partition coefficient (Wildman–Crippen LogP) is 5.76. The Balaban J connectivity index is 1.92. The second-order valence-corrected chi connectivity index (χ2v) is 7.04. The summed E-state index contributed by atoms with van der Waals surface area (Å²) in [7, 11) is 0. The SMILES string of the molecule is [C-]#[N+]c1ccc(-c2nnc([C@H](Cc3ccc([N+]#[C-])c(Cl)c3CC)[C@H](C)O)o2)cc1. The van der Waals surface area contributed by atoms with Crippen molar-refractivity contribution >= 4 is 23.0 Å². The van der Waals surface area contributed by atoms with Gasteiger partial charge >= 0.3 is 0 Å². The summed E-state index contributed by atoms with van der Waals surface area (Å²) < 4.78 is 5.85. The van der Waals surface area contributed by atoms with Crippen molar-refractivity contribution in [2.45, 2.75) is 38.7 Å². The summed E-state index contributed by atoms with van der Waals surface area (Å²) in [5.41, 5.74) is 3.49. The summed E-state index contributed by atoms with van der Waals surface area (Å²) in [5, 5.41) is 19.1. The van der Waals surface area contributed by atoms with E-state index in [9.17, 15) is 5.11 Å². The van der Waals surface area contributed by atoms with Crippen LogP contribution in [0, 0.1) is 13.1 Å². The number of hydrogen-bond acceptors (Lipinski definition) is 4. The van der Waals surface area contributed by atoms with E-state index in [1.807, 2.05) is 13.0 Å². The van der Waals surface area contributed by atoms with E-state index < -0.39 is 12.0 Å². The van der Waals surface area contributed by atoms with Gasteiger partial charge in [-0.05, 0) is 30.9 Å². The van der Waals surface area contributed by atoms with E-state index in [2.05, 4.69) is 19.9 Å². The van der Waals surface area contributed by atoms with Crippen LogP contribution in [0.15, 0.2) is 40.8 Å². The first kappa shape index (κ1) is 20.5. The van der Waals surface area contributed by atoms with Crippen LogP contribution in [0.3, 0.4) is 0 Å². The van der Waals surface area contributed by atoms with Crippen LogP contribution >= 0.6 is 11.6 Å². The molecule has 1 aromatic heterocycles. The van der Waals surface area contributed by atoms with Crippen LogP contribution in [0.25, 0.3) is 21.1 Å². The van der Waals surface area contributed by atoms with Crippen molar-refractivity contribution < 1.29 is 9.52 Å². The molecule has 0 spiro atoms. The second-order valence-electron chi connectivity index (χ2n) is 6.66. The smallest absolute Gasteiger partial charge is 0.247 e. The zero-order chi connectivity index (χ0) is 21.0. The van der Waals surface area contributed by atoms with Crippen LogP contribution in [0.2, 0.25) is 5.02 Å². The molecule has 0 saturated carbocycles. The highest BCUT2D eigenvalue weighted by atomic mass is 35.5. The summed E-state index contributed by atoms with van der Waals surface area (Å²) in [6, 6.07) is 10.4. The van der Waals surface area contributed by atoms with E-state index in [4.69, 9.17) is 29.2 Å². The summed E-state index contributed by atoms with van der Waals surface area (Å²) in [4.78, 5) is 6.82. The van der Waals surface area contributed by atoms with Crippen molar-refractivity contribution in [3.63, 3.8) is 0 Å². The molecule has 2 aromatic carbocycles. The van der Waals surface area contributed by atoms with Crippen LogP contribution in [0.1, 0.15) is 36.8 Å². The van der Waals surface area contributed by atoms with Gasteiger partial charge in [-0.2, -0.15) is 0 Å². The molecule has 146 valence electrons. The van der Waals surface area contributed by atoms with Crippen molar-refractivity contribution in [2.24, 2.45) is 0 Å². The zero-order valence-corrected chi connectivity index (χ0v) is 16.8. The van der Waals surface area contributed by atoms with Crippen LogP contribution in [0.5, 0.6) is 0 Å². The van der Waals surface area contributed by atoms with Gasteiger partial charge in [0.15, 0.2) is 5.69 Å². The zero-order valence-electron chi connectivity index (χ0n) is 16.1. The third-order valence-electron chi connectivity index (χ3n) is 4.82. The molecular weight excluding hydrogens is 388 g/mol. The quantitative estimate of drug-likeness (QED) is 0.528. The lowest BCUT2D eigenvalue weighted by molar-refractivity contribution is 0.148. The van der Waals surface area contributed by atoms with Gasteiger partial charge in [0.25, 0.3) is 0 Å². The van der Waals surface area contributed by atoms with E-state index in [0.29, 0.717) is 46.6 Å². The molecule has 3 rings (SSSR count). The molecule has 2 atom stereocenters. The number of rotatable bonds is 6. The third-order valence-corrected chi connectivity index (χ3v) is 5.24.